The van der Waals surface area contributed by atoms with Crippen molar-refractivity contribution in [3.8, 4) is 0 Å². The molecule has 2 aromatic rings. The van der Waals surface area contributed by atoms with Crippen molar-refractivity contribution in [1.82, 2.24) is 9.97 Å². The molecular formula is C22H29N5O2. The van der Waals surface area contributed by atoms with Gasteiger partial charge in [0.25, 0.3) is 0 Å². The van der Waals surface area contributed by atoms with Gasteiger partial charge in [-0.1, -0.05) is 31.4 Å². The van der Waals surface area contributed by atoms with Gasteiger partial charge in [0.2, 0.25) is 5.91 Å². The van der Waals surface area contributed by atoms with Crippen molar-refractivity contribution in [2.75, 3.05) is 41.8 Å². The molecule has 1 aliphatic heterocycles. The van der Waals surface area contributed by atoms with E-state index >= 15 is 0 Å². The number of hydrogen-bond donors (Lipinski definition) is 2. The number of nitrogens with zero attached hydrogens (tertiary/aromatic N) is 3. The van der Waals surface area contributed by atoms with Gasteiger partial charge in [0.15, 0.2) is 0 Å². The van der Waals surface area contributed by atoms with Gasteiger partial charge in [-0.2, -0.15) is 0 Å². The second-order valence-corrected chi connectivity index (χ2v) is 7.74. The van der Waals surface area contributed by atoms with Gasteiger partial charge in [-0.25, -0.2) is 9.97 Å². The third kappa shape index (κ3) is 5.44. The lowest BCUT2D eigenvalue weighted by molar-refractivity contribution is -0.120. The van der Waals surface area contributed by atoms with E-state index in [4.69, 9.17) is 4.74 Å². The number of ether oxygens (including phenoxy) is 1. The van der Waals surface area contributed by atoms with Crippen LogP contribution in [-0.4, -0.2) is 42.2 Å². The summed E-state index contributed by atoms with van der Waals surface area (Å²) < 4.78 is 5.40. The third-order valence-corrected chi connectivity index (χ3v) is 5.63. The lowest BCUT2D eigenvalue weighted by Crippen LogP contribution is -2.36. The van der Waals surface area contributed by atoms with Crippen molar-refractivity contribution >= 4 is 23.2 Å². The highest BCUT2D eigenvalue weighted by Gasteiger charge is 2.21. The van der Waals surface area contributed by atoms with Crippen molar-refractivity contribution in [3.05, 3.63) is 42.2 Å². The number of nitrogens with one attached hydrogen (secondary N) is 2. The van der Waals surface area contributed by atoms with Crippen molar-refractivity contribution < 1.29 is 9.53 Å². The minimum atomic E-state index is 0.153. The summed E-state index contributed by atoms with van der Waals surface area (Å²) in [7, 11) is 0. The topological polar surface area (TPSA) is 79.4 Å². The molecule has 1 aromatic carbocycles. The summed E-state index contributed by atoms with van der Waals surface area (Å²) in [6.07, 6.45) is 7.18. The first kappa shape index (κ1) is 19.6. The Labute approximate surface area is 171 Å². The zero-order valence-corrected chi connectivity index (χ0v) is 16.8. The number of morpholine rings is 1. The Kier molecular flexibility index (Phi) is 6.56. The Balaban J connectivity index is 1.34. The molecular weight excluding hydrogens is 366 g/mol. The van der Waals surface area contributed by atoms with Crippen LogP contribution in [-0.2, 0) is 16.1 Å². The van der Waals surface area contributed by atoms with Gasteiger partial charge in [0.1, 0.15) is 18.0 Å². The molecule has 0 unspecified atom stereocenters. The van der Waals surface area contributed by atoms with Crippen LogP contribution < -0.4 is 15.5 Å². The fraction of sp³-hybridized carbons (Fsp3) is 0.500. The van der Waals surface area contributed by atoms with Gasteiger partial charge in [-0.05, 0) is 30.5 Å². The first-order valence-corrected chi connectivity index (χ1v) is 10.6. The molecule has 7 nitrogen and oxygen atoms in total. The van der Waals surface area contributed by atoms with Crippen LogP contribution in [0.15, 0.2) is 36.7 Å². The normalized spacial score (nSPS) is 17.7. The SMILES string of the molecule is O=C(Nc1cccc(CNc2cc(N3CCOCC3)ncn2)c1)C1CCCCC1. The number of rotatable bonds is 6. The molecule has 7 heteroatoms. The summed E-state index contributed by atoms with van der Waals surface area (Å²) in [4.78, 5) is 23.4. The van der Waals surface area contributed by atoms with Crippen LogP contribution in [0.4, 0.5) is 17.3 Å². The molecule has 0 spiro atoms. The highest BCUT2D eigenvalue weighted by Crippen LogP contribution is 2.25. The molecule has 1 amide bonds. The summed E-state index contributed by atoms with van der Waals surface area (Å²) in [5.74, 6) is 2.02. The van der Waals surface area contributed by atoms with Crippen LogP contribution >= 0.6 is 0 Å². The maximum atomic E-state index is 12.5. The predicted molar refractivity (Wildman–Crippen MR) is 114 cm³/mol. The van der Waals surface area contributed by atoms with Crippen LogP contribution in [0, 0.1) is 5.92 Å². The molecule has 1 aliphatic carbocycles. The van der Waals surface area contributed by atoms with Crippen LogP contribution in [0.1, 0.15) is 37.7 Å². The maximum Gasteiger partial charge on any atom is 0.227 e. The molecule has 1 saturated heterocycles. The molecule has 0 atom stereocenters. The Bertz CT molecular complexity index is 816. The van der Waals surface area contributed by atoms with Crippen LogP contribution in [0.3, 0.4) is 0 Å². The Morgan fingerprint density at radius 2 is 1.93 bits per heavy atom. The van der Waals surface area contributed by atoms with Crippen molar-refractivity contribution in [1.29, 1.82) is 0 Å². The van der Waals surface area contributed by atoms with Gasteiger partial charge < -0.3 is 20.3 Å². The molecule has 2 N–H and O–H groups in total. The first-order chi connectivity index (χ1) is 14.3. The maximum absolute atomic E-state index is 12.5. The van der Waals surface area contributed by atoms with Gasteiger partial charge in [0.05, 0.1) is 13.2 Å². The molecule has 154 valence electrons. The van der Waals surface area contributed by atoms with Crippen molar-refractivity contribution in [2.45, 2.75) is 38.6 Å². The van der Waals surface area contributed by atoms with E-state index in [-0.39, 0.29) is 11.8 Å². The average Bonchev–Trinajstić information content (AvgIpc) is 2.79. The average molecular weight is 396 g/mol. The van der Waals surface area contributed by atoms with E-state index in [2.05, 4.69) is 25.5 Å². The minimum Gasteiger partial charge on any atom is -0.378 e. The van der Waals surface area contributed by atoms with Crippen molar-refractivity contribution in [2.24, 2.45) is 5.92 Å². The van der Waals surface area contributed by atoms with Crippen LogP contribution in [0.2, 0.25) is 0 Å². The molecule has 2 fully saturated rings. The largest absolute Gasteiger partial charge is 0.378 e. The molecule has 29 heavy (non-hydrogen) atoms. The van der Waals surface area contributed by atoms with E-state index < -0.39 is 0 Å². The van der Waals surface area contributed by atoms with Crippen molar-refractivity contribution in [3.63, 3.8) is 0 Å². The zero-order chi connectivity index (χ0) is 19.9. The smallest absolute Gasteiger partial charge is 0.227 e. The van der Waals surface area contributed by atoms with Gasteiger partial charge >= 0.3 is 0 Å². The number of hydrogen-bond acceptors (Lipinski definition) is 6. The van der Waals surface area contributed by atoms with E-state index in [9.17, 15) is 4.79 Å². The Hall–Kier alpha value is -2.67. The van der Waals surface area contributed by atoms with E-state index in [1.807, 2.05) is 30.3 Å². The molecule has 1 saturated carbocycles. The summed E-state index contributed by atoms with van der Waals surface area (Å²) in [5.41, 5.74) is 1.95. The highest BCUT2D eigenvalue weighted by molar-refractivity contribution is 5.92. The first-order valence-electron chi connectivity index (χ1n) is 10.6. The van der Waals surface area contributed by atoms with E-state index in [0.29, 0.717) is 6.54 Å². The fourth-order valence-electron chi connectivity index (χ4n) is 3.97. The summed E-state index contributed by atoms with van der Waals surface area (Å²) in [6, 6.07) is 9.98. The highest BCUT2D eigenvalue weighted by atomic mass is 16.5. The third-order valence-electron chi connectivity index (χ3n) is 5.63. The Morgan fingerprint density at radius 1 is 1.10 bits per heavy atom. The summed E-state index contributed by atoms with van der Waals surface area (Å²) in [6.45, 7) is 3.78. The Morgan fingerprint density at radius 3 is 2.76 bits per heavy atom. The molecule has 0 radical (unpaired) electrons. The number of anilines is 3. The van der Waals surface area contributed by atoms with E-state index in [1.54, 1.807) is 6.33 Å². The summed E-state index contributed by atoms with van der Waals surface area (Å²) in [5, 5.41) is 6.45. The molecule has 0 bridgehead atoms. The lowest BCUT2D eigenvalue weighted by Gasteiger charge is -2.27. The number of carbonyl (C=O) groups is 1. The number of aromatic nitrogens is 2. The molecule has 4 rings (SSSR count). The van der Waals surface area contributed by atoms with Gasteiger partial charge in [-0.3, -0.25) is 4.79 Å². The number of benzene rings is 1. The van der Waals surface area contributed by atoms with Gasteiger partial charge in [0, 0.05) is 37.3 Å². The second kappa shape index (κ2) is 9.69. The lowest BCUT2D eigenvalue weighted by atomic mass is 9.88. The van der Waals surface area contributed by atoms with Crippen LogP contribution in [0.5, 0.6) is 0 Å². The van der Waals surface area contributed by atoms with E-state index in [0.717, 1.165) is 74.9 Å². The zero-order valence-electron chi connectivity index (χ0n) is 16.8. The fourth-order valence-corrected chi connectivity index (χ4v) is 3.97. The minimum absolute atomic E-state index is 0.153. The van der Waals surface area contributed by atoms with E-state index in [1.165, 1.54) is 6.42 Å². The monoisotopic (exact) mass is 395 g/mol. The quantitative estimate of drug-likeness (QED) is 0.780. The second-order valence-electron chi connectivity index (χ2n) is 7.74. The molecule has 1 aromatic heterocycles. The number of carbonyl (C=O) groups excluding carboxylic acids is 1. The standard InChI is InChI=1S/C22H29N5O2/c28-22(18-6-2-1-3-7-18)26-19-8-4-5-17(13-19)15-23-20-14-21(25-16-24-20)27-9-11-29-12-10-27/h4-5,8,13-14,16,18H,1-3,6-7,9-12,15H2,(H,26,28)(H,23,24,25). The number of amides is 1. The summed E-state index contributed by atoms with van der Waals surface area (Å²) >= 11 is 0. The molecule has 2 aliphatic rings. The predicted octanol–water partition coefficient (Wildman–Crippen LogP) is 3.44. The van der Waals surface area contributed by atoms with Crippen LogP contribution in [0.25, 0.3) is 0 Å². The van der Waals surface area contributed by atoms with Gasteiger partial charge in [-0.15, -0.1) is 0 Å². The molecule has 2 heterocycles.